The second-order valence-corrected chi connectivity index (χ2v) is 9.45. The summed E-state index contributed by atoms with van der Waals surface area (Å²) in [5, 5.41) is 6.94. The van der Waals surface area contributed by atoms with Gasteiger partial charge in [-0.25, -0.2) is 4.79 Å². The van der Waals surface area contributed by atoms with Crippen LogP contribution in [0.4, 0.5) is 10.5 Å². The number of alkyl carbamates (subject to hydrolysis) is 1. The fraction of sp³-hybridized carbons (Fsp3) is 0.280. The van der Waals surface area contributed by atoms with Gasteiger partial charge in [-0.3, -0.25) is 4.79 Å². The highest BCUT2D eigenvalue weighted by Crippen LogP contribution is 2.34. The van der Waals surface area contributed by atoms with Crippen LogP contribution < -0.4 is 10.2 Å². The molecule has 2 heterocycles. The number of rotatable bonds is 4. The Morgan fingerprint density at radius 2 is 1.90 bits per heavy atom. The highest BCUT2D eigenvalue weighted by atomic mass is 32.1. The van der Waals surface area contributed by atoms with Crippen LogP contribution in [0.5, 0.6) is 0 Å². The molecule has 0 radical (unpaired) electrons. The lowest BCUT2D eigenvalue weighted by molar-refractivity contribution is -0.121. The summed E-state index contributed by atoms with van der Waals surface area (Å²) in [6.07, 6.45) is -0.153. The lowest BCUT2D eigenvalue weighted by atomic mass is 9.93. The van der Waals surface area contributed by atoms with E-state index in [0.717, 1.165) is 27.9 Å². The van der Waals surface area contributed by atoms with E-state index < -0.39 is 17.7 Å². The van der Waals surface area contributed by atoms with Crippen LogP contribution in [-0.4, -0.2) is 23.6 Å². The third-order valence-corrected chi connectivity index (χ3v) is 5.77. The Morgan fingerprint density at radius 1 is 1.13 bits per heavy atom. The van der Waals surface area contributed by atoms with Gasteiger partial charge in [0.05, 0.1) is 6.54 Å². The van der Waals surface area contributed by atoms with Crippen LogP contribution in [0.2, 0.25) is 0 Å². The van der Waals surface area contributed by atoms with Crippen molar-refractivity contribution in [3.8, 4) is 11.1 Å². The number of ether oxygens (including phenoxy) is 1. The number of hydrogen-bond donors (Lipinski definition) is 1. The fourth-order valence-electron chi connectivity index (χ4n) is 3.73. The van der Waals surface area contributed by atoms with Crippen LogP contribution in [0.1, 0.15) is 31.9 Å². The summed E-state index contributed by atoms with van der Waals surface area (Å²) in [5.74, 6) is -0.134. The number of anilines is 1. The normalized spacial score (nSPS) is 16.0. The zero-order valence-corrected chi connectivity index (χ0v) is 18.7. The van der Waals surface area contributed by atoms with Gasteiger partial charge >= 0.3 is 6.09 Å². The second-order valence-electron chi connectivity index (χ2n) is 8.67. The zero-order chi connectivity index (χ0) is 22.0. The van der Waals surface area contributed by atoms with Gasteiger partial charge in [-0.1, -0.05) is 36.4 Å². The molecule has 160 valence electrons. The number of nitrogens with one attached hydrogen (secondary N) is 1. The van der Waals surface area contributed by atoms with Crippen molar-refractivity contribution >= 4 is 29.0 Å². The SMILES string of the molecule is CC(C)(C)OC(=O)NC1Cc2cc(-c3ccsc3)ccc2N(Cc2ccccc2)C1=O. The van der Waals surface area contributed by atoms with Crippen molar-refractivity contribution < 1.29 is 14.3 Å². The van der Waals surface area contributed by atoms with Crippen molar-refractivity contribution in [3.63, 3.8) is 0 Å². The predicted octanol–water partition coefficient (Wildman–Crippen LogP) is 5.40. The Bertz CT molecular complexity index is 1070. The standard InChI is InChI=1S/C25H26N2O3S/c1-25(2,3)30-24(29)26-21-14-20-13-18(19-11-12-31-16-19)9-10-22(20)27(23(21)28)15-17-7-5-4-6-8-17/h4-13,16,21H,14-15H2,1-3H3,(H,26,29). The summed E-state index contributed by atoms with van der Waals surface area (Å²) in [6, 6.07) is 17.4. The first-order valence-corrected chi connectivity index (χ1v) is 11.2. The molecule has 1 N–H and O–H groups in total. The van der Waals surface area contributed by atoms with Crippen molar-refractivity contribution in [2.75, 3.05) is 4.90 Å². The van der Waals surface area contributed by atoms with E-state index in [2.05, 4.69) is 22.8 Å². The Labute approximate surface area is 186 Å². The van der Waals surface area contributed by atoms with Gasteiger partial charge < -0.3 is 15.0 Å². The highest BCUT2D eigenvalue weighted by molar-refractivity contribution is 7.08. The topological polar surface area (TPSA) is 58.6 Å². The van der Waals surface area contributed by atoms with Gasteiger partial charge in [0, 0.05) is 12.1 Å². The number of carbonyl (C=O) groups is 2. The van der Waals surface area contributed by atoms with Crippen molar-refractivity contribution in [3.05, 3.63) is 76.5 Å². The molecule has 0 fully saturated rings. The molecule has 2 aromatic carbocycles. The lowest BCUT2D eigenvalue weighted by Crippen LogP contribution is -2.53. The van der Waals surface area contributed by atoms with Crippen LogP contribution in [0.25, 0.3) is 11.1 Å². The quantitative estimate of drug-likeness (QED) is 0.598. The summed E-state index contributed by atoms with van der Waals surface area (Å²) in [6.45, 7) is 5.86. The average molecular weight is 435 g/mol. The van der Waals surface area contributed by atoms with E-state index >= 15 is 0 Å². The number of carbonyl (C=O) groups excluding carboxylic acids is 2. The molecule has 3 aromatic rings. The van der Waals surface area contributed by atoms with E-state index in [1.165, 1.54) is 0 Å². The Kier molecular flexibility index (Phi) is 5.83. The minimum atomic E-state index is -0.677. The summed E-state index contributed by atoms with van der Waals surface area (Å²) in [7, 11) is 0. The molecule has 5 nitrogen and oxygen atoms in total. The first kappa shape index (κ1) is 21.1. The van der Waals surface area contributed by atoms with E-state index in [-0.39, 0.29) is 5.91 Å². The van der Waals surface area contributed by atoms with Gasteiger partial charge in [0.2, 0.25) is 5.91 Å². The maximum atomic E-state index is 13.4. The molecule has 1 unspecified atom stereocenters. The molecule has 2 amide bonds. The molecule has 31 heavy (non-hydrogen) atoms. The molecule has 0 saturated carbocycles. The summed E-state index contributed by atoms with van der Waals surface area (Å²) < 4.78 is 5.39. The Hall–Kier alpha value is -3.12. The fourth-order valence-corrected chi connectivity index (χ4v) is 4.39. The molecular weight excluding hydrogens is 408 g/mol. The minimum Gasteiger partial charge on any atom is -0.444 e. The molecule has 1 aliphatic rings. The molecule has 0 bridgehead atoms. The maximum absolute atomic E-state index is 13.4. The molecule has 0 spiro atoms. The molecule has 1 aromatic heterocycles. The van der Waals surface area contributed by atoms with Crippen LogP contribution >= 0.6 is 11.3 Å². The Morgan fingerprint density at radius 3 is 2.58 bits per heavy atom. The first-order valence-electron chi connectivity index (χ1n) is 10.3. The second kappa shape index (κ2) is 8.55. The third kappa shape index (κ3) is 4.97. The molecular formula is C25H26N2O3S. The number of amides is 2. The largest absolute Gasteiger partial charge is 0.444 e. The van der Waals surface area contributed by atoms with Crippen molar-refractivity contribution in [2.24, 2.45) is 0 Å². The van der Waals surface area contributed by atoms with E-state index in [0.29, 0.717) is 13.0 Å². The monoisotopic (exact) mass is 434 g/mol. The summed E-state index contributed by atoms with van der Waals surface area (Å²) >= 11 is 1.65. The molecule has 4 rings (SSSR count). The van der Waals surface area contributed by atoms with Crippen molar-refractivity contribution in [1.82, 2.24) is 5.32 Å². The van der Waals surface area contributed by atoms with Gasteiger partial charge in [0.25, 0.3) is 0 Å². The summed E-state index contributed by atoms with van der Waals surface area (Å²) in [5.41, 5.74) is 4.56. The molecule has 0 saturated heterocycles. The smallest absolute Gasteiger partial charge is 0.408 e. The van der Waals surface area contributed by atoms with Crippen LogP contribution in [0.3, 0.4) is 0 Å². The van der Waals surface area contributed by atoms with E-state index in [1.807, 2.05) is 47.8 Å². The van der Waals surface area contributed by atoms with Gasteiger partial charge in [0.15, 0.2) is 0 Å². The minimum absolute atomic E-state index is 0.134. The molecule has 1 atom stereocenters. The van der Waals surface area contributed by atoms with Gasteiger partial charge in [-0.15, -0.1) is 0 Å². The van der Waals surface area contributed by atoms with Crippen molar-refractivity contribution in [2.45, 2.75) is 45.4 Å². The van der Waals surface area contributed by atoms with E-state index in [1.54, 1.807) is 37.0 Å². The number of thiophene rings is 1. The third-order valence-electron chi connectivity index (χ3n) is 5.09. The van der Waals surface area contributed by atoms with Gasteiger partial charge in [-0.2, -0.15) is 11.3 Å². The number of nitrogens with zero attached hydrogens (tertiary/aromatic N) is 1. The van der Waals surface area contributed by atoms with Crippen LogP contribution in [-0.2, 0) is 22.5 Å². The Balaban J connectivity index is 1.67. The maximum Gasteiger partial charge on any atom is 0.408 e. The number of benzene rings is 2. The highest BCUT2D eigenvalue weighted by Gasteiger charge is 2.35. The van der Waals surface area contributed by atoms with E-state index in [9.17, 15) is 9.59 Å². The first-order chi connectivity index (χ1) is 14.8. The molecule has 1 aliphatic heterocycles. The van der Waals surface area contributed by atoms with Crippen LogP contribution in [0, 0.1) is 0 Å². The zero-order valence-electron chi connectivity index (χ0n) is 17.9. The molecule has 6 heteroatoms. The number of fused-ring (bicyclic) bond motifs is 1. The summed E-state index contributed by atoms with van der Waals surface area (Å²) in [4.78, 5) is 27.5. The van der Waals surface area contributed by atoms with Gasteiger partial charge in [0.1, 0.15) is 11.6 Å². The average Bonchev–Trinajstić information content (AvgIpc) is 3.25. The van der Waals surface area contributed by atoms with Gasteiger partial charge in [-0.05, 0) is 72.0 Å². The van der Waals surface area contributed by atoms with Crippen LogP contribution in [0.15, 0.2) is 65.4 Å². The van der Waals surface area contributed by atoms with Crippen molar-refractivity contribution in [1.29, 1.82) is 0 Å². The van der Waals surface area contributed by atoms with E-state index in [4.69, 9.17) is 4.74 Å². The lowest BCUT2D eigenvalue weighted by Gasteiger charge is -2.35. The predicted molar refractivity (Wildman–Crippen MR) is 124 cm³/mol. The molecule has 0 aliphatic carbocycles. The number of hydrogen-bond acceptors (Lipinski definition) is 4.